The van der Waals surface area contributed by atoms with E-state index in [1.807, 2.05) is 0 Å². The van der Waals surface area contributed by atoms with Crippen LogP contribution >= 0.6 is 22.7 Å². The van der Waals surface area contributed by atoms with Crippen molar-refractivity contribution in [3.05, 3.63) is 39.2 Å². The van der Waals surface area contributed by atoms with Crippen LogP contribution in [0.15, 0.2) is 22.5 Å². The normalized spacial score (nSPS) is 11.0. The third-order valence-corrected chi connectivity index (χ3v) is 4.94. The van der Waals surface area contributed by atoms with Crippen LogP contribution in [-0.4, -0.2) is 9.97 Å². The summed E-state index contributed by atoms with van der Waals surface area (Å²) in [6, 6.07) is 0. The fourth-order valence-electron chi connectivity index (χ4n) is 1.84. The molecule has 0 unspecified atom stereocenters. The predicted octanol–water partition coefficient (Wildman–Crippen LogP) is 3.98. The van der Waals surface area contributed by atoms with E-state index < -0.39 is 0 Å². The van der Waals surface area contributed by atoms with Gasteiger partial charge in [0.15, 0.2) is 0 Å². The molecule has 0 bridgehead atoms. The van der Waals surface area contributed by atoms with E-state index >= 15 is 0 Å². The molecule has 92 valence electrons. The number of hydrogen-bond acceptors (Lipinski definition) is 5. The average Bonchev–Trinajstić information content (AvgIpc) is 2.95. The number of aryl methyl sites for hydroxylation is 2. The summed E-state index contributed by atoms with van der Waals surface area (Å²) in [6.07, 6.45) is 1.63. The number of rotatable bonds is 3. The van der Waals surface area contributed by atoms with Crippen molar-refractivity contribution in [2.24, 2.45) is 0 Å². The van der Waals surface area contributed by atoms with Crippen LogP contribution in [0.5, 0.6) is 0 Å². The van der Waals surface area contributed by atoms with Crippen molar-refractivity contribution >= 4 is 38.7 Å². The van der Waals surface area contributed by atoms with Gasteiger partial charge in [-0.15, -0.1) is 11.3 Å². The van der Waals surface area contributed by atoms with Gasteiger partial charge in [0.05, 0.1) is 10.2 Å². The second kappa shape index (κ2) is 4.66. The van der Waals surface area contributed by atoms with Crippen LogP contribution in [-0.2, 0) is 6.54 Å². The second-order valence-corrected chi connectivity index (χ2v) is 5.88. The summed E-state index contributed by atoms with van der Waals surface area (Å²) in [5.41, 5.74) is 4.94. The van der Waals surface area contributed by atoms with E-state index in [0.29, 0.717) is 0 Å². The highest BCUT2D eigenvalue weighted by Gasteiger charge is 2.08. The zero-order chi connectivity index (χ0) is 12.5. The highest BCUT2D eigenvalue weighted by atomic mass is 32.1. The first kappa shape index (κ1) is 11.6. The Labute approximate surface area is 114 Å². The van der Waals surface area contributed by atoms with Gasteiger partial charge >= 0.3 is 0 Å². The van der Waals surface area contributed by atoms with Crippen molar-refractivity contribution < 1.29 is 0 Å². The molecule has 0 aliphatic carbocycles. The lowest BCUT2D eigenvalue weighted by atomic mass is 10.2. The van der Waals surface area contributed by atoms with E-state index in [4.69, 9.17) is 0 Å². The van der Waals surface area contributed by atoms with Crippen molar-refractivity contribution in [2.75, 3.05) is 5.32 Å². The molecule has 0 atom stereocenters. The number of nitrogens with one attached hydrogen (secondary N) is 1. The molecule has 5 heteroatoms. The minimum atomic E-state index is 0.818. The van der Waals surface area contributed by atoms with Gasteiger partial charge in [0, 0.05) is 6.54 Å². The Hall–Kier alpha value is -1.46. The van der Waals surface area contributed by atoms with E-state index in [1.54, 1.807) is 29.0 Å². The van der Waals surface area contributed by atoms with Crippen LogP contribution in [0.25, 0.3) is 10.2 Å². The average molecular weight is 275 g/mol. The van der Waals surface area contributed by atoms with E-state index in [1.165, 1.54) is 16.7 Å². The molecule has 0 fully saturated rings. The van der Waals surface area contributed by atoms with Gasteiger partial charge < -0.3 is 5.32 Å². The van der Waals surface area contributed by atoms with Gasteiger partial charge in [-0.2, -0.15) is 11.3 Å². The number of aromatic nitrogens is 2. The third kappa shape index (κ3) is 2.00. The van der Waals surface area contributed by atoms with E-state index in [9.17, 15) is 0 Å². The van der Waals surface area contributed by atoms with Gasteiger partial charge in [-0.05, 0) is 46.7 Å². The first-order valence-electron chi connectivity index (χ1n) is 5.70. The van der Waals surface area contributed by atoms with Gasteiger partial charge in [0.1, 0.15) is 12.1 Å². The van der Waals surface area contributed by atoms with Crippen LogP contribution in [0.1, 0.15) is 16.7 Å². The fourth-order valence-corrected chi connectivity index (χ4v) is 3.67. The molecular weight excluding hydrogens is 262 g/mol. The zero-order valence-corrected chi connectivity index (χ0v) is 11.9. The maximum Gasteiger partial charge on any atom is 0.147 e. The molecule has 3 nitrogen and oxygen atoms in total. The molecule has 18 heavy (non-hydrogen) atoms. The smallest absolute Gasteiger partial charge is 0.147 e. The Balaban J connectivity index is 1.89. The molecule has 3 aromatic rings. The molecule has 3 aromatic heterocycles. The summed E-state index contributed by atoms with van der Waals surface area (Å²) in [5.74, 6) is 0.934. The summed E-state index contributed by atoms with van der Waals surface area (Å²) in [6.45, 7) is 5.04. The van der Waals surface area contributed by atoms with Gasteiger partial charge in [0.2, 0.25) is 0 Å². The SMILES string of the molecule is Cc1cscc1CNc1ncnc2c(C)csc12. The van der Waals surface area contributed by atoms with Gasteiger partial charge in [-0.3, -0.25) is 0 Å². The number of anilines is 1. The maximum absolute atomic E-state index is 4.34. The first-order valence-corrected chi connectivity index (χ1v) is 7.52. The molecule has 0 radical (unpaired) electrons. The molecule has 1 N–H and O–H groups in total. The molecule has 0 aliphatic rings. The predicted molar refractivity (Wildman–Crippen MR) is 78.5 cm³/mol. The lowest BCUT2D eigenvalue weighted by molar-refractivity contribution is 1.10. The number of hydrogen-bond donors (Lipinski definition) is 1. The van der Waals surface area contributed by atoms with Gasteiger partial charge in [-0.1, -0.05) is 0 Å². The number of fused-ring (bicyclic) bond motifs is 1. The summed E-state index contributed by atoms with van der Waals surface area (Å²) in [4.78, 5) is 8.67. The Kier molecular flexibility index (Phi) is 3.01. The summed E-state index contributed by atoms with van der Waals surface area (Å²) in [5, 5.41) is 9.89. The quantitative estimate of drug-likeness (QED) is 0.785. The van der Waals surface area contributed by atoms with E-state index in [0.717, 1.165) is 22.6 Å². The van der Waals surface area contributed by atoms with E-state index in [2.05, 4.69) is 45.3 Å². The Bertz CT molecular complexity index is 684. The summed E-state index contributed by atoms with van der Waals surface area (Å²) >= 11 is 3.44. The van der Waals surface area contributed by atoms with Gasteiger partial charge in [-0.25, -0.2) is 9.97 Å². The third-order valence-electron chi connectivity index (χ3n) is 2.94. The van der Waals surface area contributed by atoms with Crippen molar-refractivity contribution in [3.63, 3.8) is 0 Å². The van der Waals surface area contributed by atoms with E-state index in [-0.39, 0.29) is 0 Å². The second-order valence-electron chi connectivity index (χ2n) is 4.25. The molecule has 3 rings (SSSR count). The molecule has 0 amide bonds. The standard InChI is InChI=1S/C13H13N3S2/c1-8-4-17-6-10(8)3-14-13-12-11(15-7-16-13)9(2)5-18-12/h4-7H,3H2,1-2H3,(H,14,15,16). The Morgan fingerprint density at radius 3 is 2.78 bits per heavy atom. The largest absolute Gasteiger partial charge is 0.365 e. The summed E-state index contributed by atoms with van der Waals surface area (Å²) in [7, 11) is 0. The monoisotopic (exact) mass is 275 g/mol. The maximum atomic E-state index is 4.34. The molecule has 0 spiro atoms. The molecule has 0 aliphatic heterocycles. The van der Waals surface area contributed by atoms with Crippen molar-refractivity contribution in [1.82, 2.24) is 9.97 Å². The first-order chi connectivity index (χ1) is 8.75. The summed E-state index contributed by atoms with van der Waals surface area (Å²) < 4.78 is 1.14. The van der Waals surface area contributed by atoms with Crippen molar-refractivity contribution in [3.8, 4) is 0 Å². The van der Waals surface area contributed by atoms with Crippen molar-refractivity contribution in [2.45, 2.75) is 20.4 Å². The van der Waals surface area contributed by atoms with Crippen LogP contribution in [0.4, 0.5) is 5.82 Å². The lowest BCUT2D eigenvalue weighted by Crippen LogP contribution is -2.01. The van der Waals surface area contributed by atoms with Crippen LogP contribution in [0.2, 0.25) is 0 Å². The highest BCUT2D eigenvalue weighted by molar-refractivity contribution is 7.18. The lowest BCUT2D eigenvalue weighted by Gasteiger charge is -2.05. The van der Waals surface area contributed by atoms with Crippen LogP contribution in [0.3, 0.4) is 0 Å². The zero-order valence-electron chi connectivity index (χ0n) is 10.2. The molecule has 0 saturated heterocycles. The molecule has 0 saturated carbocycles. The minimum absolute atomic E-state index is 0.818. The number of nitrogens with zero attached hydrogens (tertiary/aromatic N) is 2. The molecule has 3 heterocycles. The Morgan fingerprint density at radius 1 is 1.11 bits per heavy atom. The fraction of sp³-hybridized carbons (Fsp3) is 0.231. The molecule has 0 aromatic carbocycles. The number of thiophene rings is 2. The highest BCUT2D eigenvalue weighted by Crippen LogP contribution is 2.28. The Morgan fingerprint density at radius 2 is 2.00 bits per heavy atom. The van der Waals surface area contributed by atoms with Crippen molar-refractivity contribution in [1.29, 1.82) is 0 Å². The molecular formula is C13H13N3S2. The van der Waals surface area contributed by atoms with Gasteiger partial charge in [0.25, 0.3) is 0 Å². The topological polar surface area (TPSA) is 37.8 Å². The van der Waals surface area contributed by atoms with Crippen LogP contribution in [0, 0.1) is 13.8 Å². The minimum Gasteiger partial charge on any atom is -0.365 e. The van der Waals surface area contributed by atoms with Crippen LogP contribution < -0.4 is 5.32 Å².